The Morgan fingerprint density at radius 1 is 1.44 bits per heavy atom. The maximum atomic E-state index is 12.2. The zero-order chi connectivity index (χ0) is 13.8. The number of aromatic nitrogens is 1. The number of aromatic amines is 1. The monoisotopic (exact) mass is 273 g/mol. The SMILES string of the molecule is CCN(CC(=O)NC)S(=O)(=O)c1ccc(=O)[nH]c1. The van der Waals surface area contributed by atoms with Gasteiger partial charge < -0.3 is 10.3 Å². The van der Waals surface area contributed by atoms with Gasteiger partial charge in [0.2, 0.25) is 21.5 Å². The molecule has 2 N–H and O–H groups in total. The molecule has 0 bridgehead atoms. The molecule has 7 nitrogen and oxygen atoms in total. The number of amides is 1. The molecule has 0 saturated heterocycles. The van der Waals surface area contributed by atoms with Crippen LogP contribution in [0.4, 0.5) is 0 Å². The first-order valence-electron chi connectivity index (χ1n) is 5.31. The summed E-state index contributed by atoms with van der Waals surface area (Å²) in [5.74, 6) is -0.398. The molecule has 0 aliphatic carbocycles. The van der Waals surface area contributed by atoms with Crippen molar-refractivity contribution in [3.05, 3.63) is 28.7 Å². The molecule has 1 amide bonds. The largest absolute Gasteiger partial charge is 0.358 e. The van der Waals surface area contributed by atoms with Crippen LogP contribution >= 0.6 is 0 Å². The van der Waals surface area contributed by atoms with E-state index in [9.17, 15) is 18.0 Å². The van der Waals surface area contributed by atoms with E-state index in [-0.39, 0.29) is 23.5 Å². The normalized spacial score (nSPS) is 11.5. The zero-order valence-corrected chi connectivity index (χ0v) is 11.0. The highest BCUT2D eigenvalue weighted by atomic mass is 32.2. The molecule has 100 valence electrons. The summed E-state index contributed by atoms with van der Waals surface area (Å²) < 4.78 is 25.3. The third kappa shape index (κ3) is 3.17. The molecule has 0 aliphatic rings. The van der Waals surface area contributed by atoms with Gasteiger partial charge in [0.25, 0.3) is 0 Å². The summed E-state index contributed by atoms with van der Waals surface area (Å²) in [7, 11) is -2.34. The molecule has 0 unspecified atom stereocenters. The van der Waals surface area contributed by atoms with E-state index >= 15 is 0 Å². The van der Waals surface area contributed by atoms with Gasteiger partial charge in [-0.05, 0) is 6.07 Å². The van der Waals surface area contributed by atoms with E-state index in [1.807, 2.05) is 0 Å². The molecule has 0 radical (unpaired) electrons. The second-order valence-electron chi connectivity index (χ2n) is 3.49. The van der Waals surface area contributed by atoms with Crippen LogP contribution in [-0.4, -0.2) is 43.8 Å². The van der Waals surface area contributed by atoms with Crippen molar-refractivity contribution in [2.24, 2.45) is 0 Å². The van der Waals surface area contributed by atoms with Crippen LogP contribution in [-0.2, 0) is 14.8 Å². The average Bonchev–Trinajstić information content (AvgIpc) is 2.35. The highest BCUT2D eigenvalue weighted by Crippen LogP contribution is 2.12. The Morgan fingerprint density at radius 2 is 2.11 bits per heavy atom. The number of hydrogen-bond donors (Lipinski definition) is 2. The lowest BCUT2D eigenvalue weighted by atomic mass is 10.5. The van der Waals surface area contributed by atoms with Crippen LogP contribution in [0.5, 0.6) is 0 Å². The maximum absolute atomic E-state index is 12.2. The number of rotatable bonds is 5. The van der Waals surface area contributed by atoms with Gasteiger partial charge in [0, 0.05) is 25.9 Å². The molecule has 8 heteroatoms. The summed E-state index contributed by atoms with van der Waals surface area (Å²) >= 11 is 0. The molecule has 1 aromatic heterocycles. The summed E-state index contributed by atoms with van der Waals surface area (Å²) in [6.45, 7) is 1.54. The van der Waals surface area contributed by atoms with Crippen LogP contribution in [0.15, 0.2) is 28.0 Å². The van der Waals surface area contributed by atoms with Gasteiger partial charge in [0.1, 0.15) is 0 Å². The summed E-state index contributed by atoms with van der Waals surface area (Å²) in [5, 5.41) is 2.36. The Labute approximate surface area is 105 Å². The van der Waals surface area contributed by atoms with Gasteiger partial charge in [-0.1, -0.05) is 6.92 Å². The summed E-state index contributed by atoms with van der Waals surface area (Å²) in [6, 6.07) is 2.33. The second kappa shape index (κ2) is 5.78. The smallest absolute Gasteiger partial charge is 0.247 e. The first-order valence-corrected chi connectivity index (χ1v) is 6.75. The van der Waals surface area contributed by atoms with Crippen LogP contribution in [0.2, 0.25) is 0 Å². The Kier molecular flexibility index (Phi) is 4.62. The number of nitrogens with zero attached hydrogens (tertiary/aromatic N) is 1. The molecule has 0 saturated carbocycles. The standard InChI is InChI=1S/C10H15N3O4S/c1-3-13(7-10(15)11-2)18(16,17)8-4-5-9(14)12-6-8/h4-6H,3,7H2,1-2H3,(H,11,15)(H,12,14). The summed E-state index contributed by atoms with van der Waals surface area (Å²) in [5.41, 5.74) is -0.386. The summed E-state index contributed by atoms with van der Waals surface area (Å²) in [6.07, 6.45) is 1.12. The van der Waals surface area contributed by atoms with Gasteiger partial charge in [0.15, 0.2) is 0 Å². The highest BCUT2D eigenvalue weighted by molar-refractivity contribution is 7.89. The van der Waals surface area contributed by atoms with Crippen molar-refractivity contribution in [2.45, 2.75) is 11.8 Å². The van der Waals surface area contributed by atoms with Crippen molar-refractivity contribution in [1.29, 1.82) is 0 Å². The number of carbonyl (C=O) groups excluding carboxylic acids is 1. The lowest BCUT2D eigenvalue weighted by Crippen LogP contribution is -2.39. The average molecular weight is 273 g/mol. The predicted molar refractivity (Wildman–Crippen MR) is 65.6 cm³/mol. The molecule has 1 aromatic rings. The van der Waals surface area contributed by atoms with Crippen molar-refractivity contribution < 1.29 is 13.2 Å². The lowest BCUT2D eigenvalue weighted by Gasteiger charge is -2.19. The Balaban J connectivity index is 3.06. The van der Waals surface area contributed by atoms with Gasteiger partial charge in [0.05, 0.1) is 11.4 Å². The van der Waals surface area contributed by atoms with Crippen LogP contribution in [0.3, 0.4) is 0 Å². The highest BCUT2D eigenvalue weighted by Gasteiger charge is 2.24. The number of sulfonamides is 1. The molecular formula is C10H15N3O4S. The van der Waals surface area contributed by atoms with Gasteiger partial charge in [-0.2, -0.15) is 4.31 Å². The number of hydrogen-bond acceptors (Lipinski definition) is 4. The molecule has 18 heavy (non-hydrogen) atoms. The minimum absolute atomic E-state index is 0.0483. The van der Waals surface area contributed by atoms with E-state index in [0.29, 0.717) is 0 Å². The quantitative estimate of drug-likeness (QED) is 0.728. The van der Waals surface area contributed by atoms with Crippen LogP contribution in [0, 0.1) is 0 Å². The number of nitrogens with one attached hydrogen (secondary N) is 2. The van der Waals surface area contributed by atoms with E-state index in [0.717, 1.165) is 16.6 Å². The predicted octanol–water partition coefficient (Wildman–Crippen LogP) is -0.868. The zero-order valence-electron chi connectivity index (χ0n) is 10.1. The molecule has 0 spiro atoms. The van der Waals surface area contributed by atoms with Gasteiger partial charge in [-0.3, -0.25) is 9.59 Å². The Hall–Kier alpha value is -1.67. The molecular weight excluding hydrogens is 258 g/mol. The molecule has 0 fully saturated rings. The third-order valence-electron chi connectivity index (χ3n) is 2.34. The van der Waals surface area contributed by atoms with Gasteiger partial charge >= 0.3 is 0 Å². The fraction of sp³-hybridized carbons (Fsp3) is 0.400. The molecule has 1 rings (SSSR count). The molecule has 0 aromatic carbocycles. The van der Waals surface area contributed by atoms with E-state index in [1.165, 1.54) is 13.1 Å². The molecule has 0 aliphatic heterocycles. The number of likely N-dealkylation sites (N-methyl/N-ethyl adjacent to an activating group) is 2. The van der Waals surface area contributed by atoms with Crippen molar-refractivity contribution in [1.82, 2.24) is 14.6 Å². The van der Waals surface area contributed by atoms with Crippen molar-refractivity contribution in [2.75, 3.05) is 20.1 Å². The van der Waals surface area contributed by atoms with Crippen LogP contribution in [0.25, 0.3) is 0 Å². The van der Waals surface area contributed by atoms with Crippen molar-refractivity contribution >= 4 is 15.9 Å². The van der Waals surface area contributed by atoms with E-state index in [1.54, 1.807) is 6.92 Å². The Morgan fingerprint density at radius 3 is 2.56 bits per heavy atom. The fourth-order valence-corrected chi connectivity index (χ4v) is 2.68. The number of pyridine rings is 1. The van der Waals surface area contributed by atoms with Gasteiger partial charge in [-0.15, -0.1) is 0 Å². The topological polar surface area (TPSA) is 99.3 Å². The molecule has 1 heterocycles. The summed E-state index contributed by atoms with van der Waals surface area (Å²) in [4.78, 5) is 24.4. The minimum atomic E-state index is -3.77. The second-order valence-corrected chi connectivity index (χ2v) is 5.43. The number of carbonyl (C=O) groups is 1. The first-order chi connectivity index (χ1) is 8.41. The first kappa shape index (κ1) is 14.4. The van der Waals surface area contributed by atoms with E-state index in [4.69, 9.17) is 0 Å². The maximum Gasteiger partial charge on any atom is 0.247 e. The van der Waals surface area contributed by atoms with E-state index in [2.05, 4.69) is 10.3 Å². The van der Waals surface area contributed by atoms with Crippen molar-refractivity contribution in [3.8, 4) is 0 Å². The third-order valence-corrected chi connectivity index (χ3v) is 4.26. The molecule has 0 atom stereocenters. The van der Waals surface area contributed by atoms with Crippen LogP contribution < -0.4 is 10.9 Å². The van der Waals surface area contributed by atoms with Crippen molar-refractivity contribution in [3.63, 3.8) is 0 Å². The van der Waals surface area contributed by atoms with Crippen LogP contribution in [0.1, 0.15) is 6.92 Å². The number of H-pyrrole nitrogens is 1. The van der Waals surface area contributed by atoms with Gasteiger partial charge in [-0.25, -0.2) is 8.42 Å². The minimum Gasteiger partial charge on any atom is -0.358 e. The Bertz CT molecular complexity index is 559. The lowest BCUT2D eigenvalue weighted by molar-refractivity contribution is -0.120. The van der Waals surface area contributed by atoms with E-state index < -0.39 is 15.9 Å². The fourth-order valence-electron chi connectivity index (χ4n) is 1.31.